The molecule has 1 heterocycles. The summed E-state index contributed by atoms with van der Waals surface area (Å²) in [5.41, 5.74) is 1.97. The molecule has 1 N–H and O–H groups in total. The van der Waals surface area contributed by atoms with E-state index in [0.29, 0.717) is 16.6 Å². The summed E-state index contributed by atoms with van der Waals surface area (Å²) in [6, 6.07) is 14.1. The number of hydrogen-bond donors (Lipinski definition) is 1. The number of hydrogen-bond acceptors (Lipinski definition) is 4. The fourth-order valence-electron chi connectivity index (χ4n) is 3.70. The number of methoxy groups -OCH3 is 1. The van der Waals surface area contributed by atoms with Crippen molar-refractivity contribution in [1.82, 2.24) is 9.97 Å². The molecule has 0 saturated heterocycles. The minimum Gasteiger partial charge on any atom is -0.147 e. The van der Waals surface area contributed by atoms with Gasteiger partial charge < -0.3 is 0 Å². The standard InChI is InChI=1S/C23H25AsClN3O.2ClH/c1-29-17-11-12-20-18(14-17)23(27-21-5-3-2-4-19(21)24)28-22(26-20)13-8-15-6-9-16(25)10-7-15;;/h6-14,19,21H,2-5,24H2,1H3,(H,26,27,28);2*1H/b13-8-;;. The van der Waals surface area contributed by atoms with Gasteiger partial charge in [-0.1, -0.05) is 11.6 Å². The van der Waals surface area contributed by atoms with Crippen molar-refractivity contribution >= 4 is 82.1 Å². The van der Waals surface area contributed by atoms with Gasteiger partial charge in [-0.25, -0.2) is 0 Å². The molecular weight excluding hydrogens is 516 g/mol. The summed E-state index contributed by atoms with van der Waals surface area (Å²) < 4.78 is 6.12. The van der Waals surface area contributed by atoms with E-state index in [0.717, 1.165) is 33.1 Å². The molecule has 3 atom stereocenters. The van der Waals surface area contributed by atoms with Crippen LogP contribution in [0.4, 0.5) is 5.82 Å². The molecule has 3 aromatic rings. The van der Waals surface area contributed by atoms with Gasteiger partial charge in [0.2, 0.25) is 0 Å². The zero-order valence-corrected chi connectivity index (χ0v) is 22.1. The molecular formula is C23H27AsCl3N3O. The third-order valence-electron chi connectivity index (χ3n) is 5.36. The van der Waals surface area contributed by atoms with Crippen LogP contribution in [-0.4, -0.2) is 40.0 Å². The van der Waals surface area contributed by atoms with Crippen molar-refractivity contribution in [2.24, 2.45) is 0 Å². The van der Waals surface area contributed by atoms with Gasteiger partial charge in [-0.3, -0.25) is 0 Å². The van der Waals surface area contributed by atoms with Crippen LogP contribution in [0.1, 0.15) is 37.1 Å². The van der Waals surface area contributed by atoms with Gasteiger partial charge in [-0.2, -0.15) is 0 Å². The zero-order chi connectivity index (χ0) is 20.2. The van der Waals surface area contributed by atoms with Crippen molar-refractivity contribution in [3.05, 3.63) is 58.9 Å². The van der Waals surface area contributed by atoms with Crippen LogP contribution in [-0.2, 0) is 0 Å². The Balaban J connectivity index is 0.00000171. The van der Waals surface area contributed by atoms with Gasteiger partial charge in [0.05, 0.1) is 0 Å². The Kier molecular flexibility index (Phi) is 9.96. The molecule has 1 aliphatic carbocycles. The van der Waals surface area contributed by atoms with Crippen molar-refractivity contribution in [1.29, 1.82) is 0 Å². The maximum absolute atomic E-state index is 5.98. The normalized spacial score (nSPS) is 18.3. The molecule has 2 aromatic carbocycles. The maximum atomic E-state index is 5.98. The summed E-state index contributed by atoms with van der Waals surface area (Å²) in [5, 5.41) is 5.46. The van der Waals surface area contributed by atoms with E-state index in [1.165, 1.54) is 25.7 Å². The Labute approximate surface area is 209 Å². The van der Waals surface area contributed by atoms with Crippen LogP contribution in [0.5, 0.6) is 5.75 Å². The van der Waals surface area contributed by atoms with E-state index in [9.17, 15) is 0 Å². The second-order valence-corrected chi connectivity index (χ2v) is 9.63. The molecule has 0 spiro atoms. The van der Waals surface area contributed by atoms with E-state index in [4.69, 9.17) is 26.3 Å². The van der Waals surface area contributed by atoms with Gasteiger partial charge in [0.25, 0.3) is 0 Å². The van der Waals surface area contributed by atoms with Crippen molar-refractivity contribution < 1.29 is 4.74 Å². The first-order valence-corrected chi connectivity index (χ1v) is 11.7. The molecule has 1 aromatic heterocycles. The molecule has 0 radical (unpaired) electrons. The monoisotopic (exact) mass is 541 g/mol. The summed E-state index contributed by atoms with van der Waals surface area (Å²) in [7, 11) is 1.68. The quantitative estimate of drug-likeness (QED) is 0.397. The number of halogens is 3. The first kappa shape index (κ1) is 25.8. The van der Waals surface area contributed by atoms with E-state index in [2.05, 4.69) is 5.32 Å². The smallest absolute Gasteiger partial charge is 0.147 e. The molecule has 0 aliphatic heterocycles. The minimum absolute atomic E-state index is 0. The number of nitrogens with zero attached hydrogens (tertiary/aromatic N) is 2. The van der Waals surface area contributed by atoms with Gasteiger partial charge in [-0.05, 0) is 0 Å². The van der Waals surface area contributed by atoms with E-state index in [1.807, 2.05) is 71.5 Å². The van der Waals surface area contributed by atoms with E-state index >= 15 is 0 Å². The number of rotatable bonds is 5. The van der Waals surface area contributed by atoms with Crippen LogP contribution < -0.4 is 10.1 Å². The Morgan fingerprint density at radius 2 is 1.77 bits per heavy atom. The Bertz CT molecular complexity index is 1030. The first-order valence-electron chi connectivity index (χ1n) is 9.94. The van der Waals surface area contributed by atoms with Crippen molar-refractivity contribution in [3.63, 3.8) is 0 Å². The fourth-order valence-corrected chi connectivity index (χ4v) is 4.92. The molecule has 1 aliphatic rings. The fraction of sp³-hybridized carbons (Fsp3) is 0.304. The average Bonchev–Trinajstić information content (AvgIpc) is 2.74. The summed E-state index contributed by atoms with van der Waals surface area (Å²) >= 11 is 7.80. The number of aromatic nitrogens is 2. The number of benzene rings is 2. The van der Waals surface area contributed by atoms with Gasteiger partial charge >= 0.3 is 174 Å². The van der Waals surface area contributed by atoms with Crippen LogP contribution in [0.3, 0.4) is 0 Å². The molecule has 8 heteroatoms. The first-order chi connectivity index (χ1) is 14.1. The van der Waals surface area contributed by atoms with Gasteiger partial charge in [0.15, 0.2) is 0 Å². The largest absolute Gasteiger partial charge is 0.147 e. The number of fused-ring (bicyclic) bond motifs is 1. The van der Waals surface area contributed by atoms with Gasteiger partial charge in [0.1, 0.15) is 0 Å². The summed E-state index contributed by atoms with van der Waals surface area (Å²) in [6.45, 7) is 0. The van der Waals surface area contributed by atoms with Crippen LogP contribution >= 0.6 is 36.4 Å². The summed E-state index contributed by atoms with van der Waals surface area (Å²) in [5.74, 6) is 2.39. The van der Waals surface area contributed by atoms with Crippen LogP contribution in [0.15, 0.2) is 42.5 Å². The number of anilines is 1. The van der Waals surface area contributed by atoms with Crippen LogP contribution in [0.25, 0.3) is 23.1 Å². The van der Waals surface area contributed by atoms with E-state index in [1.54, 1.807) is 7.11 Å². The predicted molar refractivity (Wildman–Crippen MR) is 139 cm³/mol. The van der Waals surface area contributed by atoms with Crippen LogP contribution in [0.2, 0.25) is 9.73 Å². The second kappa shape index (κ2) is 12.0. The van der Waals surface area contributed by atoms with Crippen LogP contribution in [0, 0.1) is 0 Å². The van der Waals surface area contributed by atoms with E-state index < -0.39 is 0 Å². The molecule has 4 rings (SSSR count). The third kappa shape index (κ3) is 6.52. The topological polar surface area (TPSA) is 47.0 Å². The molecule has 0 bridgehead atoms. The molecule has 1 saturated carbocycles. The maximum Gasteiger partial charge on any atom is -0.147 e. The molecule has 4 nitrogen and oxygen atoms in total. The average molecular weight is 543 g/mol. The summed E-state index contributed by atoms with van der Waals surface area (Å²) in [4.78, 5) is 9.59. The minimum atomic E-state index is 0. The molecule has 166 valence electrons. The molecule has 31 heavy (non-hydrogen) atoms. The van der Waals surface area contributed by atoms with Crippen molar-refractivity contribution in [2.45, 2.75) is 36.4 Å². The number of nitrogens with one attached hydrogen (secondary N) is 1. The Morgan fingerprint density at radius 1 is 1.03 bits per heavy atom. The molecule has 3 unspecified atom stereocenters. The SMILES string of the molecule is COc1ccc2nc(/C=C\c3ccc(Cl)cc3)nc(NC3CCCCC3[AsH2])c2c1.Cl.Cl. The third-order valence-corrected chi connectivity index (χ3v) is 7.28. The van der Waals surface area contributed by atoms with Crippen molar-refractivity contribution in [2.75, 3.05) is 12.4 Å². The number of ether oxygens (including phenoxy) is 1. The van der Waals surface area contributed by atoms with Gasteiger partial charge in [-0.15, -0.1) is 24.8 Å². The van der Waals surface area contributed by atoms with Crippen molar-refractivity contribution in [3.8, 4) is 5.75 Å². The molecule has 0 amide bonds. The second-order valence-electron chi connectivity index (χ2n) is 7.40. The summed E-state index contributed by atoms with van der Waals surface area (Å²) in [6.07, 6.45) is 9.04. The van der Waals surface area contributed by atoms with Gasteiger partial charge in [0, 0.05) is 0 Å². The molecule has 1 fully saturated rings. The predicted octanol–water partition coefficient (Wildman–Crippen LogP) is 6.08. The van der Waals surface area contributed by atoms with E-state index in [-0.39, 0.29) is 24.8 Å². The Morgan fingerprint density at radius 3 is 2.48 bits per heavy atom. The Hall–Kier alpha value is -1.45. The zero-order valence-electron chi connectivity index (χ0n) is 17.3.